The molecule has 0 atom stereocenters. The molecule has 5 aromatic rings. The molecule has 2 heterocycles. The fourth-order valence-corrected chi connectivity index (χ4v) is 4.71. The number of ether oxygens (including phenoxy) is 3. The Balaban J connectivity index is 1.36. The van der Waals surface area contributed by atoms with Crippen molar-refractivity contribution < 1.29 is 24.1 Å². The lowest BCUT2D eigenvalue weighted by Crippen LogP contribution is -2.12. The molecule has 0 radical (unpaired) electrons. The number of imidazole rings is 1. The summed E-state index contributed by atoms with van der Waals surface area (Å²) in [6.45, 7) is 2.74. The number of unbranched alkanes of at least 4 members (excludes halogenated alkanes) is 1. The first-order valence-electron chi connectivity index (χ1n) is 13.6. The summed E-state index contributed by atoms with van der Waals surface area (Å²) in [7, 11) is 2.80. The van der Waals surface area contributed by atoms with Gasteiger partial charge in [-0.2, -0.15) is 5.21 Å². The Kier molecular flexibility index (Phi) is 8.76. The van der Waals surface area contributed by atoms with E-state index in [0.717, 1.165) is 53.0 Å². The molecule has 0 aliphatic carbocycles. The lowest BCUT2D eigenvalue weighted by molar-refractivity contribution is 0.0463. The molecule has 3 aromatic carbocycles. The van der Waals surface area contributed by atoms with Crippen LogP contribution in [0.4, 0.5) is 0 Å². The minimum atomic E-state index is -0.570. The number of benzene rings is 3. The summed E-state index contributed by atoms with van der Waals surface area (Å²) in [5.74, 6) is 0.964. The minimum absolute atomic E-state index is 0.0274. The number of phenolic OH excluding ortho intramolecular Hbond substituents is 1. The third-order valence-electron chi connectivity index (χ3n) is 6.96. The molecule has 0 saturated heterocycles. The fourth-order valence-electron chi connectivity index (χ4n) is 4.71. The molecule has 2 aromatic heterocycles. The molecule has 0 fully saturated rings. The Morgan fingerprint density at radius 1 is 1.00 bits per heavy atom. The number of carbonyl (C=O) groups is 1. The molecular weight excluding hydrogens is 536 g/mol. The van der Waals surface area contributed by atoms with Gasteiger partial charge in [-0.3, -0.25) is 0 Å². The van der Waals surface area contributed by atoms with Crippen LogP contribution < -0.4 is 9.47 Å². The Labute approximate surface area is 243 Å². The normalized spacial score (nSPS) is 10.9. The lowest BCUT2D eigenvalue weighted by atomic mass is 9.98. The molecular formula is C31H32N6O5. The van der Waals surface area contributed by atoms with Crippen molar-refractivity contribution in [2.45, 2.75) is 39.3 Å². The standard InChI is InChI=1S/C31H32N6O5/c1-4-5-10-28-32-17-23(19-42-31(39)22-15-26(40-2)29(38)27(16-22)41-3)37(28)18-20-11-13-21(14-12-20)24-8-6-7-9-25(24)30-33-35-36-34-30/h6-9,11-17,38H,4-5,10,18-19H2,1-3H3,(H,33,34,35,36). The highest BCUT2D eigenvalue weighted by Gasteiger charge is 2.19. The maximum atomic E-state index is 12.9. The first-order chi connectivity index (χ1) is 20.5. The summed E-state index contributed by atoms with van der Waals surface area (Å²) < 4.78 is 18.1. The van der Waals surface area contributed by atoms with E-state index in [-0.39, 0.29) is 29.4 Å². The number of hydrogen-bond donors (Lipinski definition) is 2. The van der Waals surface area contributed by atoms with Crippen LogP contribution in [0.15, 0.2) is 66.9 Å². The SMILES string of the molecule is CCCCc1ncc(COC(=O)c2cc(OC)c(O)c(OC)c2)n1Cc1ccc(-c2ccccc2-c2nn[nH]n2)cc1. The van der Waals surface area contributed by atoms with Gasteiger partial charge in [-0.05, 0) is 40.5 Å². The molecule has 11 heteroatoms. The second-order valence-corrected chi connectivity index (χ2v) is 9.64. The molecule has 2 N–H and O–H groups in total. The van der Waals surface area contributed by atoms with E-state index in [2.05, 4.69) is 61.4 Å². The first-order valence-corrected chi connectivity index (χ1v) is 13.6. The number of carbonyl (C=O) groups excluding carboxylic acids is 1. The average molecular weight is 569 g/mol. The summed E-state index contributed by atoms with van der Waals surface area (Å²) in [5.41, 5.74) is 4.99. The number of H-pyrrole nitrogens is 1. The number of tetrazole rings is 1. The van der Waals surface area contributed by atoms with Crippen LogP contribution in [0.25, 0.3) is 22.5 Å². The van der Waals surface area contributed by atoms with Crippen LogP contribution >= 0.6 is 0 Å². The van der Waals surface area contributed by atoms with Gasteiger partial charge in [0.2, 0.25) is 11.6 Å². The second kappa shape index (κ2) is 13.0. The van der Waals surface area contributed by atoms with Crippen molar-refractivity contribution in [1.82, 2.24) is 30.2 Å². The second-order valence-electron chi connectivity index (χ2n) is 9.64. The number of rotatable bonds is 12. The van der Waals surface area contributed by atoms with E-state index in [0.29, 0.717) is 12.4 Å². The van der Waals surface area contributed by atoms with Gasteiger partial charge in [-0.25, -0.2) is 9.78 Å². The van der Waals surface area contributed by atoms with E-state index < -0.39 is 5.97 Å². The summed E-state index contributed by atoms with van der Waals surface area (Å²) in [5, 5.41) is 24.6. The summed E-state index contributed by atoms with van der Waals surface area (Å²) in [6.07, 6.45) is 4.60. The van der Waals surface area contributed by atoms with E-state index in [9.17, 15) is 9.90 Å². The van der Waals surface area contributed by atoms with Gasteiger partial charge in [0, 0.05) is 18.5 Å². The molecule has 0 spiro atoms. The van der Waals surface area contributed by atoms with E-state index in [1.807, 2.05) is 24.3 Å². The molecule has 0 bridgehead atoms. The molecule has 5 rings (SSSR count). The van der Waals surface area contributed by atoms with Gasteiger partial charge < -0.3 is 23.9 Å². The third-order valence-corrected chi connectivity index (χ3v) is 6.96. The van der Waals surface area contributed by atoms with Gasteiger partial charge in [0.05, 0.1) is 31.7 Å². The van der Waals surface area contributed by atoms with Gasteiger partial charge in [-0.1, -0.05) is 61.9 Å². The van der Waals surface area contributed by atoms with Crippen LogP contribution in [0.2, 0.25) is 0 Å². The van der Waals surface area contributed by atoms with Crippen molar-refractivity contribution in [3.8, 4) is 39.8 Å². The van der Waals surface area contributed by atoms with Crippen molar-refractivity contribution in [2.24, 2.45) is 0 Å². The van der Waals surface area contributed by atoms with E-state index in [1.165, 1.54) is 26.4 Å². The smallest absolute Gasteiger partial charge is 0.338 e. The number of phenols is 1. The van der Waals surface area contributed by atoms with Gasteiger partial charge in [0.25, 0.3) is 0 Å². The van der Waals surface area contributed by atoms with Gasteiger partial charge in [0.1, 0.15) is 12.4 Å². The van der Waals surface area contributed by atoms with Crippen molar-refractivity contribution in [3.05, 3.63) is 89.5 Å². The number of methoxy groups -OCH3 is 2. The zero-order valence-electron chi connectivity index (χ0n) is 23.7. The maximum absolute atomic E-state index is 12.9. The molecule has 0 aliphatic heterocycles. The lowest BCUT2D eigenvalue weighted by Gasteiger charge is -2.14. The zero-order chi connectivity index (χ0) is 29.5. The highest BCUT2D eigenvalue weighted by Crippen LogP contribution is 2.37. The van der Waals surface area contributed by atoms with E-state index in [4.69, 9.17) is 14.2 Å². The highest BCUT2D eigenvalue weighted by molar-refractivity contribution is 5.91. The Morgan fingerprint density at radius 3 is 2.36 bits per heavy atom. The number of esters is 1. The zero-order valence-corrected chi connectivity index (χ0v) is 23.7. The topological polar surface area (TPSA) is 137 Å². The maximum Gasteiger partial charge on any atom is 0.338 e. The van der Waals surface area contributed by atoms with Crippen LogP contribution in [-0.4, -0.2) is 55.5 Å². The number of aromatic amines is 1. The van der Waals surface area contributed by atoms with Crippen molar-refractivity contribution >= 4 is 5.97 Å². The molecule has 0 aliphatic rings. The van der Waals surface area contributed by atoms with Crippen LogP contribution in [0.3, 0.4) is 0 Å². The summed E-state index contributed by atoms with van der Waals surface area (Å²) in [6, 6.07) is 19.1. The summed E-state index contributed by atoms with van der Waals surface area (Å²) in [4.78, 5) is 17.6. The van der Waals surface area contributed by atoms with Crippen molar-refractivity contribution in [3.63, 3.8) is 0 Å². The molecule has 42 heavy (non-hydrogen) atoms. The molecule has 11 nitrogen and oxygen atoms in total. The van der Waals surface area contributed by atoms with Crippen LogP contribution in [0.1, 0.15) is 47.2 Å². The Morgan fingerprint density at radius 2 is 1.71 bits per heavy atom. The number of hydrogen-bond acceptors (Lipinski definition) is 9. The van der Waals surface area contributed by atoms with Crippen LogP contribution in [0, 0.1) is 0 Å². The quantitative estimate of drug-likeness (QED) is 0.195. The van der Waals surface area contributed by atoms with E-state index in [1.54, 1.807) is 6.20 Å². The van der Waals surface area contributed by atoms with Gasteiger partial charge in [0.15, 0.2) is 11.5 Å². The first kappa shape index (κ1) is 28.3. The summed E-state index contributed by atoms with van der Waals surface area (Å²) >= 11 is 0. The minimum Gasteiger partial charge on any atom is -0.502 e. The van der Waals surface area contributed by atoms with Crippen molar-refractivity contribution in [2.75, 3.05) is 14.2 Å². The van der Waals surface area contributed by atoms with E-state index >= 15 is 0 Å². The Hall–Kier alpha value is -5.19. The third kappa shape index (κ3) is 6.09. The molecule has 0 amide bonds. The highest BCUT2D eigenvalue weighted by atomic mass is 16.5. The number of nitrogens with zero attached hydrogens (tertiary/aromatic N) is 5. The van der Waals surface area contributed by atoms with Gasteiger partial charge >= 0.3 is 5.97 Å². The van der Waals surface area contributed by atoms with Crippen LogP contribution in [-0.2, 0) is 24.3 Å². The predicted octanol–water partition coefficient (Wildman–Crippen LogP) is 5.20. The Bertz CT molecular complexity index is 1620. The fraction of sp³-hybridized carbons (Fsp3) is 0.258. The van der Waals surface area contributed by atoms with Crippen LogP contribution in [0.5, 0.6) is 17.2 Å². The van der Waals surface area contributed by atoms with Crippen molar-refractivity contribution in [1.29, 1.82) is 0 Å². The van der Waals surface area contributed by atoms with Gasteiger partial charge in [-0.15, -0.1) is 10.2 Å². The number of nitrogens with one attached hydrogen (secondary N) is 1. The molecule has 216 valence electrons. The molecule has 0 saturated carbocycles. The molecule has 0 unspecified atom stereocenters. The number of aromatic nitrogens is 6. The number of aryl methyl sites for hydroxylation is 1. The monoisotopic (exact) mass is 568 g/mol. The number of aromatic hydroxyl groups is 1. The predicted molar refractivity (Wildman–Crippen MR) is 155 cm³/mol. The average Bonchev–Trinajstić information content (AvgIpc) is 3.70. The largest absolute Gasteiger partial charge is 0.502 e.